The van der Waals surface area contributed by atoms with E-state index in [4.69, 9.17) is 0 Å². The fraction of sp³-hybridized carbons (Fsp3) is 0.250. The van der Waals surface area contributed by atoms with Crippen molar-refractivity contribution < 1.29 is 4.79 Å². The Hall–Kier alpha value is -2.73. The molecule has 2 aromatic heterocycles. The Labute approximate surface area is 156 Å². The Balaban J connectivity index is 1.42. The Morgan fingerprint density at radius 1 is 1.00 bits per heavy atom. The first-order valence-electron chi connectivity index (χ1n) is 8.67. The molecular weight excluding hydrogens is 344 g/mol. The van der Waals surface area contributed by atoms with Crippen LogP contribution in [0.3, 0.4) is 0 Å². The maximum atomic E-state index is 12.8. The minimum Gasteiger partial charge on any atom is -0.368 e. The number of aryl methyl sites for hydroxylation is 1. The monoisotopic (exact) mass is 364 g/mol. The standard InChI is InChI=1S/C20H20N4OS/c1-15-2-4-16(5-3-15)19-22-18(14-26-19)20(25)24-12-10-23(11-13-24)17-6-8-21-9-7-17/h2-9,14H,10-13H2,1H3. The van der Waals surface area contributed by atoms with Gasteiger partial charge in [-0.05, 0) is 19.1 Å². The number of thiazole rings is 1. The molecule has 0 atom stereocenters. The predicted molar refractivity (Wildman–Crippen MR) is 105 cm³/mol. The molecule has 0 spiro atoms. The minimum absolute atomic E-state index is 0.0222. The number of rotatable bonds is 3. The Morgan fingerprint density at radius 2 is 1.69 bits per heavy atom. The molecule has 4 rings (SSSR count). The fourth-order valence-corrected chi connectivity index (χ4v) is 3.89. The van der Waals surface area contributed by atoms with Gasteiger partial charge in [0.25, 0.3) is 5.91 Å². The number of aromatic nitrogens is 2. The van der Waals surface area contributed by atoms with E-state index in [-0.39, 0.29) is 5.91 Å². The van der Waals surface area contributed by atoms with E-state index in [9.17, 15) is 4.79 Å². The summed E-state index contributed by atoms with van der Waals surface area (Å²) in [7, 11) is 0. The molecule has 1 fully saturated rings. The number of benzene rings is 1. The Bertz CT molecular complexity index is 884. The van der Waals surface area contributed by atoms with Gasteiger partial charge in [0, 0.05) is 55.2 Å². The summed E-state index contributed by atoms with van der Waals surface area (Å²) in [5.74, 6) is 0.0222. The summed E-state index contributed by atoms with van der Waals surface area (Å²) in [4.78, 5) is 25.6. The molecule has 0 bridgehead atoms. The van der Waals surface area contributed by atoms with Crippen LogP contribution in [0.1, 0.15) is 16.1 Å². The number of carbonyl (C=O) groups is 1. The molecule has 6 heteroatoms. The number of amides is 1. The average Bonchev–Trinajstić information content (AvgIpc) is 3.19. The number of carbonyl (C=O) groups excluding carboxylic acids is 1. The van der Waals surface area contributed by atoms with E-state index in [2.05, 4.69) is 46.1 Å². The second-order valence-corrected chi connectivity index (χ2v) is 7.25. The van der Waals surface area contributed by atoms with Gasteiger partial charge in [0.05, 0.1) is 0 Å². The highest BCUT2D eigenvalue weighted by Gasteiger charge is 2.24. The van der Waals surface area contributed by atoms with E-state index in [1.54, 1.807) is 12.4 Å². The number of hydrogen-bond acceptors (Lipinski definition) is 5. The van der Waals surface area contributed by atoms with Crippen molar-refractivity contribution in [2.24, 2.45) is 0 Å². The maximum absolute atomic E-state index is 12.8. The molecule has 26 heavy (non-hydrogen) atoms. The van der Waals surface area contributed by atoms with E-state index in [0.29, 0.717) is 18.8 Å². The van der Waals surface area contributed by atoms with Crippen molar-refractivity contribution in [3.8, 4) is 10.6 Å². The van der Waals surface area contributed by atoms with Gasteiger partial charge in [-0.3, -0.25) is 9.78 Å². The zero-order valence-electron chi connectivity index (χ0n) is 14.6. The zero-order chi connectivity index (χ0) is 17.9. The summed E-state index contributed by atoms with van der Waals surface area (Å²) >= 11 is 1.52. The van der Waals surface area contributed by atoms with Gasteiger partial charge in [0.2, 0.25) is 0 Å². The third-order valence-electron chi connectivity index (χ3n) is 4.62. The predicted octanol–water partition coefficient (Wildman–Crippen LogP) is 3.48. The molecule has 1 aromatic carbocycles. The van der Waals surface area contributed by atoms with Crippen molar-refractivity contribution in [2.45, 2.75) is 6.92 Å². The SMILES string of the molecule is Cc1ccc(-c2nc(C(=O)N3CCN(c4ccncc4)CC3)cs2)cc1. The van der Waals surface area contributed by atoms with Crippen LogP contribution in [-0.4, -0.2) is 47.0 Å². The molecular formula is C20H20N4OS. The van der Waals surface area contributed by atoms with Crippen LogP contribution in [0.5, 0.6) is 0 Å². The molecule has 0 unspecified atom stereocenters. The second-order valence-electron chi connectivity index (χ2n) is 6.39. The molecule has 5 nitrogen and oxygen atoms in total. The Morgan fingerprint density at radius 3 is 2.38 bits per heavy atom. The molecule has 1 aliphatic heterocycles. The highest BCUT2D eigenvalue weighted by Crippen LogP contribution is 2.25. The van der Waals surface area contributed by atoms with Crippen LogP contribution < -0.4 is 4.90 Å². The van der Waals surface area contributed by atoms with E-state index in [0.717, 1.165) is 29.3 Å². The fourth-order valence-electron chi connectivity index (χ4n) is 3.09. The molecule has 3 heterocycles. The lowest BCUT2D eigenvalue weighted by atomic mass is 10.2. The van der Waals surface area contributed by atoms with Crippen molar-refractivity contribution in [3.05, 3.63) is 65.4 Å². The van der Waals surface area contributed by atoms with Crippen LogP contribution in [0.2, 0.25) is 0 Å². The molecule has 1 amide bonds. The molecule has 0 radical (unpaired) electrons. The largest absolute Gasteiger partial charge is 0.368 e. The number of pyridine rings is 1. The lowest BCUT2D eigenvalue weighted by Gasteiger charge is -2.35. The van der Waals surface area contributed by atoms with Gasteiger partial charge in [-0.15, -0.1) is 11.3 Å². The topological polar surface area (TPSA) is 49.3 Å². The van der Waals surface area contributed by atoms with Crippen LogP contribution in [0.4, 0.5) is 5.69 Å². The third kappa shape index (κ3) is 3.46. The first-order chi connectivity index (χ1) is 12.7. The van der Waals surface area contributed by atoms with Gasteiger partial charge < -0.3 is 9.80 Å². The van der Waals surface area contributed by atoms with Crippen molar-refractivity contribution in [2.75, 3.05) is 31.1 Å². The Kier molecular flexibility index (Phi) is 4.67. The smallest absolute Gasteiger partial charge is 0.273 e. The van der Waals surface area contributed by atoms with Crippen molar-refractivity contribution in [3.63, 3.8) is 0 Å². The summed E-state index contributed by atoms with van der Waals surface area (Å²) < 4.78 is 0. The van der Waals surface area contributed by atoms with Gasteiger partial charge in [0.1, 0.15) is 10.7 Å². The van der Waals surface area contributed by atoms with Crippen LogP contribution in [0, 0.1) is 6.92 Å². The minimum atomic E-state index is 0.0222. The molecule has 1 saturated heterocycles. The van der Waals surface area contributed by atoms with Crippen LogP contribution in [0.25, 0.3) is 10.6 Å². The van der Waals surface area contributed by atoms with Crippen LogP contribution in [0.15, 0.2) is 54.2 Å². The lowest BCUT2D eigenvalue weighted by molar-refractivity contribution is 0.0742. The average molecular weight is 364 g/mol. The molecule has 1 aliphatic rings. The quantitative estimate of drug-likeness (QED) is 0.714. The van der Waals surface area contributed by atoms with E-state index < -0.39 is 0 Å². The lowest BCUT2D eigenvalue weighted by Crippen LogP contribution is -2.48. The molecule has 3 aromatic rings. The van der Waals surface area contributed by atoms with Gasteiger partial charge in [0.15, 0.2) is 0 Å². The van der Waals surface area contributed by atoms with Gasteiger partial charge >= 0.3 is 0 Å². The van der Waals surface area contributed by atoms with E-state index in [1.807, 2.05) is 22.4 Å². The zero-order valence-corrected chi connectivity index (χ0v) is 15.4. The van der Waals surface area contributed by atoms with E-state index >= 15 is 0 Å². The summed E-state index contributed by atoms with van der Waals surface area (Å²) in [6, 6.07) is 12.2. The summed E-state index contributed by atoms with van der Waals surface area (Å²) in [5, 5.41) is 2.76. The number of piperazine rings is 1. The van der Waals surface area contributed by atoms with E-state index in [1.165, 1.54) is 16.9 Å². The molecule has 0 saturated carbocycles. The van der Waals surface area contributed by atoms with Crippen molar-refractivity contribution in [1.29, 1.82) is 0 Å². The number of hydrogen-bond donors (Lipinski definition) is 0. The van der Waals surface area contributed by atoms with Crippen molar-refractivity contribution in [1.82, 2.24) is 14.9 Å². The van der Waals surface area contributed by atoms with Gasteiger partial charge in [-0.1, -0.05) is 29.8 Å². The first kappa shape index (κ1) is 16.7. The summed E-state index contributed by atoms with van der Waals surface area (Å²) in [6.45, 7) is 5.12. The number of nitrogens with zero attached hydrogens (tertiary/aromatic N) is 4. The van der Waals surface area contributed by atoms with Crippen molar-refractivity contribution >= 4 is 22.9 Å². The molecule has 0 N–H and O–H groups in total. The summed E-state index contributed by atoms with van der Waals surface area (Å²) in [6.07, 6.45) is 3.60. The maximum Gasteiger partial charge on any atom is 0.273 e. The third-order valence-corrected chi connectivity index (χ3v) is 5.51. The normalized spacial score (nSPS) is 14.5. The number of anilines is 1. The first-order valence-corrected chi connectivity index (χ1v) is 9.55. The highest BCUT2D eigenvalue weighted by atomic mass is 32.1. The molecule has 132 valence electrons. The summed E-state index contributed by atoms with van der Waals surface area (Å²) in [5.41, 5.74) is 3.97. The van der Waals surface area contributed by atoms with Crippen LogP contribution in [-0.2, 0) is 0 Å². The van der Waals surface area contributed by atoms with Gasteiger partial charge in [-0.25, -0.2) is 4.98 Å². The molecule has 0 aliphatic carbocycles. The van der Waals surface area contributed by atoms with Crippen LogP contribution >= 0.6 is 11.3 Å². The van der Waals surface area contributed by atoms with Gasteiger partial charge in [-0.2, -0.15) is 0 Å². The highest BCUT2D eigenvalue weighted by molar-refractivity contribution is 7.13. The second kappa shape index (κ2) is 7.25.